The van der Waals surface area contributed by atoms with Gasteiger partial charge in [0, 0.05) is 51.2 Å². The summed E-state index contributed by atoms with van der Waals surface area (Å²) in [5, 5.41) is 6.88. The van der Waals surface area contributed by atoms with Crippen molar-refractivity contribution < 1.29 is 0 Å². The first kappa shape index (κ1) is 13.6. The summed E-state index contributed by atoms with van der Waals surface area (Å²) in [5.74, 6) is 0. The van der Waals surface area contributed by atoms with E-state index < -0.39 is 0 Å². The quantitative estimate of drug-likeness (QED) is 0.736. The minimum Gasteiger partial charge on any atom is -0.367 e. The van der Waals surface area contributed by atoms with Crippen molar-refractivity contribution in [2.45, 2.75) is 19.9 Å². The Hall–Kier alpha value is -0.840. The van der Waals surface area contributed by atoms with Crippen molar-refractivity contribution in [3.05, 3.63) is 24.0 Å². The Bertz CT molecular complexity index is 339. The van der Waals surface area contributed by atoms with Crippen molar-refractivity contribution in [3.63, 3.8) is 0 Å². The Labute approximate surface area is 110 Å². The van der Waals surface area contributed by atoms with E-state index in [1.54, 1.807) is 0 Å². The number of aromatic amines is 1. The normalized spacial score (nSPS) is 19.9. The molecule has 4 nitrogen and oxygen atoms in total. The number of nitrogens with zero attached hydrogens (tertiary/aromatic N) is 1. The highest BCUT2D eigenvalue weighted by Gasteiger charge is 2.32. The molecule has 1 fully saturated rings. The summed E-state index contributed by atoms with van der Waals surface area (Å²) in [6, 6.07) is 2.55. The lowest BCUT2D eigenvalue weighted by atomic mass is 9.80. The maximum atomic E-state index is 3.47. The van der Waals surface area contributed by atoms with Crippen molar-refractivity contribution in [2.24, 2.45) is 5.41 Å². The van der Waals surface area contributed by atoms with E-state index in [0.717, 1.165) is 32.7 Å². The Morgan fingerprint density at radius 2 is 2.11 bits per heavy atom. The van der Waals surface area contributed by atoms with E-state index in [1.807, 2.05) is 6.20 Å². The summed E-state index contributed by atoms with van der Waals surface area (Å²) in [5.41, 5.74) is 1.56. The number of hydrogen-bond acceptors (Lipinski definition) is 3. The number of piperazine rings is 1. The number of aromatic nitrogens is 1. The average molecular weight is 250 g/mol. The molecule has 102 valence electrons. The molecule has 0 aromatic carbocycles. The zero-order chi connectivity index (χ0) is 13.0. The zero-order valence-corrected chi connectivity index (χ0v) is 11.8. The predicted octanol–water partition coefficient (Wildman–Crippen LogP) is 1.21. The summed E-state index contributed by atoms with van der Waals surface area (Å²) in [4.78, 5) is 5.72. The molecule has 4 heteroatoms. The van der Waals surface area contributed by atoms with E-state index in [2.05, 4.69) is 53.7 Å². The largest absolute Gasteiger partial charge is 0.367 e. The highest BCUT2D eigenvalue weighted by molar-refractivity contribution is 5.17. The van der Waals surface area contributed by atoms with Crippen LogP contribution in [0.2, 0.25) is 0 Å². The fourth-order valence-electron chi connectivity index (χ4n) is 3.06. The standard InChI is InChI=1S/C14H26N4/c1-14(2,11-18-8-6-16-7-9-18)13(15-3)12-4-5-17-10-12/h4-5,10,13,15-17H,6-9,11H2,1-3H3. The van der Waals surface area contributed by atoms with Crippen LogP contribution in [0.3, 0.4) is 0 Å². The highest BCUT2D eigenvalue weighted by atomic mass is 15.2. The van der Waals surface area contributed by atoms with E-state index in [9.17, 15) is 0 Å². The van der Waals surface area contributed by atoms with Gasteiger partial charge in [-0.3, -0.25) is 0 Å². The molecule has 2 rings (SSSR count). The lowest BCUT2D eigenvalue weighted by molar-refractivity contribution is 0.128. The summed E-state index contributed by atoms with van der Waals surface area (Å²) < 4.78 is 0. The van der Waals surface area contributed by atoms with Gasteiger partial charge in [0.05, 0.1) is 0 Å². The maximum Gasteiger partial charge on any atom is 0.0396 e. The molecule has 1 saturated heterocycles. The van der Waals surface area contributed by atoms with Crippen LogP contribution in [0.15, 0.2) is 18.5 Å². The molecule has 0 aliphatic carbocycles. The van der Waals surface area contributed by atoms with Gasteiger partial charge in [-0.05, 0) is 24.1 Å². The molecule has 0 saturated carbocycles. The third-order valence-corrected chi connectivity index (χ3v) is 3.87. The molecular weight excluding hydrogens is 224 g/mol. The summed E-state index contributed by atoms with van der Waals surface area (Å²) in [6.45, 7) is 10.4. The molecule has 1 aliphatic heterocycles. The Balaban J connectivity index is 2.03. The molecule has 0 spiro atoms. The monoisotopic (exact) mass is 250 g/mol. The van der Waals surface area contributed by atoms with Gasteiger partial charge in [-0.25, -0.2) is 0 Å². The fourth-order valence-corrected chi connectivity index (χ4v) is 3.06. The van der Waals surface area contributed by atoms with Crippen molar-refractivity contribution in [1.29, 1.82) is 0 Å². The molecule has 0 radical (unpaired) electrons. The van der Waals surface area contributed by atoms with Gasteiger partial charge in [0.25, 0.3) is 0 Å². The smallest absolute Gasteiger partial charge is 0.0396 e. The van der Waals surface area contributed by atoms with E-state index >= 15 is 0 Å². The number of H-pyrrole nitrogens is 1. The van der Waals surface area contributed by atoms with Gasteiger partial charge in [-0.2, -0.15) is 0 Å². The molecular formula is C14H26N4. The minimum atomic E-state index is 0.217. The molecule has 2 heterocycles. The predicted molar refractivity (Wildman–Crippen MR) is 75.7 cm³/mol. The number of rotatable bonds is 5. The van der Waals surface area contributed by atoms with Gasteiger partial charge in [-0.1, -0.05) is 13.8 Å². The van der Waals surface area contributed by atoms with Crippen LogP contribution in [0.4, 0.5) is 0 Å². The lowest BCUT2D eigenvalue weighted by Crippen LogP contribution is -2.49. The van der Waals surface area contributed by atoms with Crippen LogP contribution >= 0.6 is 0 Å². The molecule has 1 aliphatic rings. The first-order chi connectivity index (χ1) is 8.63. The second-order valence-corrected chi connectivity index (χ2v) is 5.88. The zero-order valence-electron chi connectivity index (χ0n) is 11.8. The molecule has 1 aromatic heterocycles. The van der Waals surface area contributed by atoms with Gasteiger partial charge in [0.15, 0.2) is 0 Å². The molecule has 0 bridgehead atoms. The second-order valence-electron chi connectivity index (χ2n) is 5.88. The van der Waals surface area contributed by atoms with E-state index in [4.69, 9.17) is 0 Å². The fraction of sp³-hybridized carbons (Fsp3) is 0.714. The van der Waals surface area contributed by atoms with Gasteiger partial charge in [0.1, 0.15) is 0 Å². The number of hydrogen-bond donors (Lipinski definition) is 3. The molecule has 1 aromatic rings. The van der Waals surface area contributed by atoms with Gasteiger partial charge in [0.2, 0.25) is 0 Å². The summed E-state index contributed by atoms with van der Waals surface area (Å²) >= 11 is 0. The second kappa shape index (κ2) is 5.87. The molecule has 18 heavy (non-hydrogen) atoms. The molecule has 0 amide bonds. The molecule has 1 unspecified atom stereocenters. The van der Waals surface area contributed by atoms with Crippen LogP contribution in [0.1, 0.15) is 25.5 Å². The summed E-state index contributed by atoms with van der Waals surface area (Å²) in [7, 11) is 2.05. The van der Waals surface area contributed by atoms with Crippen LogP contribution < -0.4 is 10.6 Å². The van der Waals surface area contributed by atoms with Crippen LogP contribution in [-0.2, 0) is 0 Å². The third kappa shape index (κ3) is 3.13. The Kier molecular flexibility index (Phi) is 4.43. The third-order valence-electron chi connectivity index (χ3n) is 3.87. The topological polar surface area (TPSA) is 43.1 Å². The molecule has 1 atom stereocenters. The number of nitrogens with one attached hydrogen (secondary N) is 3. The average Bonchev–Trinajstić information content (AvgIpc) is 2.83. The van der Waals surface area contributed by atoms with Crippen molar-refractivity contribution in [2.75, 3.05) is 39.8 Å². The first-order valence-corrected chi connectivity index (χ1v) is 6.86. The Morgan fingerprint density at radius 1 is 1.39 bits per heavy atom. The minimum absolute atomic E-state index is 0.217. The Morgan fingerprint density at radius 3 is 2.67 bits per heavy atom. The SMILES string of the molecule is CNC(c1cc[nH]c1)C(C)(C)CN1CCNCC1. The summed E-state index contributed by atoms with van der Waals surface area (Å²) in [6.07, 6.45) is 4.10. The van der Waals surface area contributed by atoms with E-state index in [-0.39, 0.29) is 5.41 Å². The lowest BCUT2D eigenvalue weighted by Gasteiger charge is -2.40. The first-order valence-electron chi connectivity index (χ1n) is 6.86. The van der Waals surface area contributed by atoms with Crippen molar-refractivity contribution >= 4 is 0 Å². The van der Waals surface area contributed by atoms with Crippen molar-refractivity contribution in [1.82, 2.24) is 20.5 Å². The van der Waals surface area contributed by atoms with Gasteiger partial charge in [-0.15, -0.1) is 0 Å². The van der Waals surface area contributed by atoms with Gasteiger partial charge >= 0.3 is 0 Å². The highest BCUT2D eigenvalue weighted by Crippen LogP contribution is 2.33. The van der Waals surface area contributed by atoms with Crippen LogP contribution in [0, 0.1) is 5.41 Å². The maximum absolute atomic E-state index is 3.47. The van der Waals surface area contributed by atoms with E-state index in [1.165, 1.54) is 5.56 Å². The van der Waals surface area contributed by atoms with Gasteiger partial charge < -0.3 is 20.5 Å². The van der Waals surface area contributed by atoms with Crippen LogP contribution in [-0.4, -0.2) is 49.7 Å². The van der Waals surface area contributed by atoms with Crippen molar-refractivity contribution in [3.8, 4) is 0 Å². The van der Waals surface area contributed by atoms with E-state index in [0.29, 0.717) is 6.04 Å². The van der Waals surface area contributed by atoms with Crippen LogP contribution in [0.25, 0.3) is 0 Å². The van der Waals surface area contributed by atoms with Crippen LogP contribution in [0.5, 0.6) is 0 Å². The molecule has 3 N–H and O–H groups in total.